The third-order valence-corrected chi connectivity index (χ3v) is 2.34. The maximum atomic E-state index is 5.67. The predicted molar refractivity (Wildman–Crippen MR) is 51.5 cm³/mol. The van der Waals surface area contributed by atoms with Gasteiger partial charge in [0.05, 0.1) is 18.9 Å². The van der Waals surface area contributed by atoms with Crippen LogP contribution in [0.5, 0.6) is 0 Å². The summed E-state index contributed by atoms with van der Waals surface area (Å²) in [6.45, 7) is 1.63. The van der Waals surface area contributed by atoms with Crippen molar-refractivity contribution >= 4 is 16.7 Å². The summed E-state index contributed by atoms with van der Waals surface area (Å²) in [4.78, 5) is 0. The molecule has 0 aliphatic carbocycles. The number of rotatable bonds is 0. The van der Waals surface area contributed by atoms with Gasteiger partial charge in [0.15, 0.2) is 0 Å². The molecule has 1 aromatic carbocycles. The van der Waals surface area contributed by atoms with Gasteiger partial charge in [-0.05, 0) is 12.1 Å². The van der Waals surface area contributed by atoms with E-state index in [9.17, 15) is 0 Å². The number of hydrogen-bond acceptors (Lipinski definition) is 3. The standard InChI is InChI=1S/C10H10N2O/c1-2-4-8-7(3-1)10-9(13-8)5-11-6-12-10/h1-4,11-12H,5-6H2. The SMILES string of the molecule is c1ccc2c3c(oc2c1)CNCN3. The fraction of sp³-hybridized carbons (Fsp3) is 0.200. The lowest BCUT2D eigenvalue weighted by molar-refractivity contribution is 0.511. The van der Waals surface area contributed by atoms with Crippen LogP contribution in [-0.2, 0) is 6.54 Å². The van der Waals surface area contributed by atoms with E-state index < -0.39 is 0 Å². The highest BCUT2D eigenvalue weighted by atomic mass is 16.3. The summed E-state index contributed by atoms with van der Waals surface area (Å²) in [6, 6.07) is 8.10. The Hall–Kier alpha value is -1.48. The van der Waals surface area contributed by atoms with Gasteiger partial charge < -0.3 is 9.73 Å². The Morgan fingerprint density at radius 1 is 1.23 bits per heavy atom. The molecule has 2 aromatic rings. The Balaban J connectivity index is 2.34. The van der Waals surface area contributed by atoms with Gasteiger partial charge in [-0.15, -0.1) is 0 Å². The Bertz CT molecular complexity index is 447. The first-order valence-electron chi connectivity index (χ1n) is 4.40. The number of nitrogens with one attached hydrogen (secondary N) is 2. The van der Waals surface area contributed by atoms with Gasteiger partial charge in [0.1, 0.15) is 11.3 Å². The van der Waals surface area contributed by atoms with Gasteiger partial charge in [0.2, 0.25) is 0 Å². The third-order valence-electron chi connectivity index (χ3n) is 2.34. The maximum Gasteiger partial charge on any atom is 0.142 e. The molecule has 3 nitrogen and oxygen atoms in total. The number of fused-ring (bicyclic) bond motifs is 3. The van der Waals surface area contributed by atoms with Crippen molar-refractivity contribution in [1.29, 1.82) is 0 Å². The summed E-state index contributed by atoms with van der Waals surface area (Å²) in [6.07, 6.45) is 0. The largest absolute Gasteiger partial charge is 0.457 e. The third kappa shape index (κ3) is 0.939. The highest BCUT2D eigenvalue weighted by Crippen LogP contribution is 2.31. The smallest absolute Gasteiger partial charge is 0.142 e. The zero-order chi connectivity index (χ0) is 8.67. The van der Waals surface area contributed by atoms with Crippen molar-refractivity contribution in [1.82, 2.24) is 5.32 Å². The first-order valence-corrected chi connectivity index (χ1v) is 4.40. The number of benzene rings is 1. The van der Waals surface area contributed by atoms with E-state index in [1.807, 2.05) is 18.2 Å². The van der Waals surface area contributed by atoms with Crippen LogP contribution in [0.2, 0.25) is 0 Å². The number of anilines is 1. The maximum absolute atomic E-state index is 5.67. The number of hydrogen-bond donors (Lipinski definition) is 2. The fourth-order valence-corrected chi connectivity index (χ4v) is 1.74. The monoisotopic (exact) mass is 174 g/mol. The Morgan fingerprint density at radius 3 is 3.15 bits per heavy atom. The van der Waals surface area contributed by atoms with Crippen molar-refractivity contribution in [3.05, 3.63) is 30.0 Å². The predicted octanol–water partition coefficient (Wildman–Crippen LogP) is 1.91. The van der Waals surface area contributed by atoms with Crippen molar-refractivity contribution in [2.75, 3.05) is 12.0 Å². The summed E-state index contributed by atoms with van der Waals surface area (Å²) in [7, 11) is 0. The highest BCUT2D eigenvalue weighted by Gasteiger charge is 2.15. The van der Waals surface area contributed by atoms with Crippen LogP contribution in [0.3, 0.4) is 0 Å². The highest BCUT2D eigenvalue weighted by molar-refractivity contribution is 5.92. The van der Waals surface area contributed by atoms with Crippen molar-refractivity contribution < 1.29 is 4.42 Å². The average Bonchev–Trinajstić information content (AvgIpc) is 2.56. The van der Waals surface area contributed by atoms with E-state index in [1.165, 1.54) is 5.39 Å². The molecule has 0 spiro atoms. The second-order valence-electron chi connectivity index (χ2n) is 3.18. The lowest BCUT2D eigenvalue weighted by Gasteiger charge is -2.13. The molecule has 0 bridgehead atoms. The lowest BCUT2D eigenvalue weighted by atomic mass is 10.2. The summed E-state index contributed by atoms with van der Waals surface area (Å²) in [5.74, 6) is 1.01. The number of furan rings is 1. The molecule has 1 aliphatic heterocycles. The van der Waals surface area contributed by atoms with E-state index >= 15 is 0 Å². The Labute approximate surface area is 75.7 Å². The zero-order valence-corrected chi connectivity index (χ0v) is 7.13. The van der Waals surface area contributed by atoms with Crippen LogP contribution < -0.4 is 10.6 Å². The minimum absolute atomic E-state index is 0.816. The molecule has 13 heavy (non-hydrogen) atoms. The quantitative estimate of drug-likeness (QED) is 0.640. The van der Waals surface area contributed by atoms with Gasteiger partial charge in [-0.3, -0.25) is 5.32 Å². The molecule has 0 saturated heterocycles. The zero-order valence-electron chi connectivity index (χ0n) is 7.13. The van der Waals surface area contributed by atoms with Gasteiger partial charge in [0, 0.05) is 5.39 Å². The van der Waals surface area contributed by atoms with Crippen LogP contribution >= 0.6 is 0 Å². The molecular formula is C10H10N2O. The van der Waals surface area contributed by atoms with Crippen molar-refractivity contribution in [2.24, 2.45) is 0 Å². The molecule has 0 atom stereocenters. The van der Waals surface area contributed by atoms with Gasteiger partial charge >= 0.3 is 0 Å². The lowest BCUT2D eigenvalue weighted by Crippen LogP contribution is -2.26. The van der Waals surface area contributed by atoms with Crippen LogP contribution in [-0.4, -0.2) is 6.67 Å². The van der Waals surface area contributed by atoms with Crippen molar-refractivity contribution in [3.63, 3.8) is 0 Å². The van der Waals surface area contributed by atoms with E-state index in [1.54, 1.807) is 0 Å². The van der Waals surface area contributed by atoms with Crippen LogP contribution in [0.25, 0.3) is 11.0 Å². The Morgan fingerprint density at radius 2 is 2.15 bits per heavy atom. The summed E-state index contributed by atoms with van der Waals surface area (Å²) < 4.78 is 5.67. The fourth-order valence-electron chi connectivity index (χ4n) is 1.74. The van der Waals surface area contributed by atoms with Crippen molar-refractivity contribution in [3.8, 4) is 0 Å². The molecule has 1 aromatic heterocycles. The molecular weight excluding hydrogens is 164 g/mol. The van der Waals surface area contributed by atoms with E-state index in [0.29, 0.717) is 0 Å². The molecule has 0 amide bonds. The first kappa shape index (κ1) is 6.97. The molecule has 0 unspecified atom stereocenters. The van der Waals surface area contributed by atoms with Gasteiger partial charge in [0.25, 0.3) is 0 Å². The van der Waals surface area contributed by atoms with Crippen LogP contribution in [0, 0.1) is 0 Å². The second kappa shape index (κ2) is 2.50. The molecule has 2 N–H and O–H groups in total. The molecule has 1 aliphatic rings. The Kier molecular flexibility index (Phi) is 1.34. The molecule has 0 fully saturated rings. The van der Waals surface area contributed by atoms with Crippen molar-refractivity contribution in [2.45, 2.75) is 6.54 Å². The minimum atomic E-state index is 0.816. The van der Waals surface area contributed by atoms with E-state index in [0.717, 1.165) is 30.2 Å². The van der Waals surface area contributed by atoms with Crippen LogP contribution in [0.4, 0.5) is 5.69 Å². The summed E-state index contributed by atoms with van der Waals surface area (Å²) in [5, 5.41) is 7.66. The second-order valence-corrected chi connectivity index (χ2v) is 3.18. The molecule has 66 valence electrons. The average molecular weight is 174 g/mol. The molecule has 2 heterocycles. The summed E-state index contributed by atoms with van der Waals surface area (Å²) in [5.41, 5.74) is 2.11. The minimum Gasteiger partial charge on any atom is -0.457 e. The first-order chi connectivity index (χ1) is 6.45. The van der Waals surface area contributed by atoms with E-state index in [-0.39, 0.29) is 0 Å². The molecule has 3 rings (SSSR count). The van der Waals surface area contributed by atoms with Gasteiger partial charge in [-0.1, -0.05) is 12.1 Å². The van der Waals surface area contributed by atoms with E-state index in [4.69, 9.17) is 4.42 Å². The van der Waals surface area contributed by atoms with Gasteiger partial charge in [-0.2, -0.15) is 0 Å². The van der Waals surface area contributed by atoms with Crippen LogP contribution in [0.15, 0.2) is 28.7 Å². The van der Waals surface area contributed by atoms with Crippen LogP contribution in [0.1, 0.15) is 5.76 Å². The summed E-state index contributed by atoms with van der Waals surface area (Å²) >= 11 is 0. The molecule has 3 heteroatoms. The normalized spacial score (nSPS) is 15.4. The molecule has 0 radical (unpaired) electrons. The van der Waals surface area contributed by atoms with E-state index in [2.05, 4.69) is 16.7 Å². The molecule has 0 saturated carbocycles. The van der Waals surface area contributed by atoms with Gasteiger partial charge in [-0.25, -0.2) is 0 Å². The topological polar surface area (TPSA) is 37.2 Å². The number of para-hydroxylation sites is 1.